The predicted molar refractivity (Wildman–Crippen MR) is 71.4 cm³/mol. The Kier molecular flexibility index (Phi) is 2.77. The van der Waals surface area contributed by atoms with Gasteiger partial charge in [-0.05, 0) is 31.0 Å². The zero-order valence-electron chi connectivity index (χ0n) is 8.58. The molecule has 0 spiro atoms. The predicted octanol–water partition coefficient (Wildman–Crippen LogP) is 3.77. The summed E-state index contributed by atoms with van der Waals surface area (Å²) in [5.41, 5.74) is 2.13. The van der Waals surface area contributed by atoms with Crippen LogP contribution in [0.25, 0.3) is 11.0 Å². The van der Waals surface area contributed by atoms with Gasteiger partial charge in [-0.15, -0.1) is 0 Å². The molecule has 5 heteroatoms. The number of imidazole rings is 1. The van der Waals surface area contributed by atoms with Gasteiger partial charge in [-0.3, -0.25) is 0 Å². The maximum absolute atomic E-state index is 4.64. The SMILES string of the molecule is Brc1ccc2nc([C@@H]3CCCN3Br)[nH]c2c1. The van der Waals surface area contributed by atoms with Gasteiger partial charge in [0, 0.05) is 27.2 Å². The van der Waals surface area contributed by atoms with Gasteiger partial charge < -0.3 is 4.98 Å². The van der Waals surface area contributed by atoms with Crippen LogP contribution in [0.4, 0.5) is 0 Å². The first-order valence-electron chi connectivity index (χ1n) is 5.31. The van der Waals surface area contributed by atoms with E-state index in [9.17, 15) is 0 Å². The largest absolute Gasteiger partial charge is 0.341 e. The lowest BCUT2D eigenvalue weighted by atomic mass is 10.2. The molecule has 2 heterocycles. The second kappa shape index (κ2) is 4.13. The quantitative estimate of drug-likeness (QED) is 0.798. The molecule has 3 nitrogen and oxygen atoms in total. The van der Waals surface area contributed by atoms with Crippen LogP contribution in [-0.4, -0.2) is 20.4 Å². The second-order valence-electron chi connectivity index (χ2n) is 4.06. The summed E-state index contributed by atoms with van der Waals surface area (Å²) < 4.78 is 3.26. The van der Waals surface area contributed by atoms with Crippen molar-refractivity contribution in [3.63, 3.8) is 0 Å². The van der Waals surface area contributed by atoms with E-state index in [2.05, 4.69) is 52.0 Å². The van der Waals surface area contributed by atoms with E-state index in [1.165, 1.54) is 6.42 Å². The van der Waals surface area contributed by atoms with Crippen LogP contribution in [0.3, 0.4) is 0 Å². The molecule has 1 aliphatic heterocycles. The molecule has 0 amide bonds. The molecule has 1 fully saturated rings. The molecule has 0 saturated carbocycles. The van der Waals surface area contributed by atoms with Gasteiger partial charge in [-0.25, -0.2) is 8.91 Å². The molecule has 2 aromatic rings. The Hall–Kier alpha value is -0.390. The van der Waals surface area contributed by atoms with Crippen LogP contribution < -0.4 is 0 Å². The third-order valence-corrected chi connectivity index (χ3v) is 4.31. The molecule has 0 aliphatic carbocycles. The van der Waals surface area contributed by atoms with Gasteiger partial charge in [0.25, 0.3) is 0 Å². The van der Waals surface area contributed by atoms with Crippen molar-refractivity contribution < 1.29 is 0 Å². The Balaban J connectivity index is 2.04. The summed E-state index contributed by atoms with van der Waals surface area (Å²) in [5, 5.41) is 0. The van der Waals surface area contributed by atoms with Crippen LogP contribution in [0.5, 0.6) is 0 Å². The highest BCUT2D eigenvalue weighted by Gasteiger charge is 2.26. The number of rotatable bonds is 1. The molecule has 1 aromatic carbocycles. The fourth-order valence-corrected chi connectivity index (χ4v) is 3.17. The first kappa shape index (κ1) is 10.7. The highest BCUT2D eigenvalue weighted by atomic mass is 79.9. The molecule has 0 unspecified atom stereocenters. The van der Waals surface area contributed by atoms with Crippen LogP contribution in [-0.2, 0) is 0 Å². The number of hydrogen-bond donors (Lipinski definition) is 1. The van der Waals surface area contributed by atoms with Crippen molar-refractivity contribution in [2.45, 2.75) is 18.9 Å². The number of halogens is 2. The van der Waals surface area contributed by atoms with Crippen LogP contribution >= 0.6 is 32.1 Å². The standard InChI is InChI=1S/C11H11Br2N3/c12-7-3-4-8-9(6-7)15-11(14-8)10-2-1-5-16(10)13/h3-4,6,10H,1-2,5H2,(H,14,15)/t10-/m0/s1. The van der Waals surface area contributed by atoms with E-state index < -0.39 is 0 Å². The molecule has 1 N–H and O–H groups in total. The molecule has 1 aliphatic rings. The molecule has 84 valence electrons. The van der Waals surface area contributed by atoms with Gasteiger partial charge in [0.2, 0.25) is 0 Å². The van der Waals surface area contributed by atoms with E-state index in [1.807, 2.05) is 12.1 Å². The van der Waals surface area contributed by atoms with Crippen LogP contribution in [0.15, 0.2) is 22.7 Å². The maximum atomic E-state index is 4.64. The number of aromatic nitrogens is 2. The first-order valence-corrected chi connectivity index (χ1v) is 6.82. The molecule has 16 heavy (non-hydrogen) atoms. The molecular formula is C11H11Br2N3. The molecule has 1 atom stereocenters. The summed E-state index contributed by atoms with van der Waals surface area (Å²) in [7, 11) is 0. The smallest absolute Gasteiger partial charge is 0.125 e. The number of nitrogens with one attached hydrogen (secondary N) is 1. The van der Waals surface area contributed by atoms with Crippen LogP contribution in [0.2, 0.25) is 0 Å². The topological polar surface area (TPSA) is 31.9 Å². The third kappa shape index (κ3) is 1.81. The van der Waals surface area contributed by atoms with Crippen LogP contribution in [0, 0.1) is 0 Å². The molecule has 0 bridgehead atoms. The van der Waals surface area contributed by atoms with Gasteiger partial charge in [-0.2, -0.15) is 0 Å². The highest BCUT2D eigenvalue weighted by molar-refractivity contribution is 9.10. The van der Waals surface area contributed by atoms with E-state index in [-0.39, 0.29) is 0 Å². The number of hydrogen-bond acceptors (Lipinski definition) is 2. The minimum absolute atomic E-state index is 0.381. The van der Waals surface area contributed by atoms with E-state index in [1.54, 1.807) is 0 Å². The first-order chi connectivity index (χ1) is 7.74. The van der Waals surface area contributed by atoms with Crippen molar-refractivity contribution in [3.05, 3.63) is 28.5 Å². The van der Waals surface area contributed by atoms with Crippen molar-refractivity contribution >= 4 is 43.1 Å². The number of aromatic amines is 1. The lowest BCUT2D eigenvalue weighted by Crippen LogP contribution is -2.12. The minimum atomic E-state index is 0.381. The lowest BCUT2D eigenvalue weighted by molar-refractivity contribution is 0.451. The van der Waals surface area contributed by atoms with E-state index in [0.29, 0.717) is 6.04 Å². The molecule has 1 aromatic heterocycles. The Morgan fingerprint density at radius 3 is 3.06 bits per heavy atom. The van der Waals surface area contributed by atoms with E-state index >= 15 is 0 Å². The minimum Gasteiger partial charge on any atom is -0.341 e. The average Bonchev–Trinajstić information content (AvgIpc) is 2.82. The summed E-state index contributed by atoms with van der Waals surface area (Å²) in [6.07, 6.45) is 2.38. The zero-order chi connectivity index (χ0) is 11.1. The third-order valence-electron chi connectivity index (χ3n) is 2.97. The Morgan fingerprint density at radius 2 is 2.31 bits per heavy atom. The van der Waals surface area contributed by atoms with Gasteiger partial charge in [0.1, 0.15) is 5.82 Å². The Morgan fingerprint density at radius 1 is 1.44 bits per heavy atom. The van der Waals surface area contributed by atoms with E-state index in [0.717, 1.165) is 34.3 Å². The lowest BCUT2D eigenvalue weighted by Gasteiger charge is -2.13. The van der Waals surface area contributed by atoms with Gasteiger partial charge in [-0.1, -0.05) is 15.9 Å². The monoisotopic (exact) mass is 343 g/mol. The number of H-pyrrole nitrogens is 1. The average molecular weight is 345 g/mol. The molecule has 0 radical (unpaired) electrons. The second-order valence-corrected chi connectivity index (χ2v) is 5.89. The van der Waals surface area contributed by atoms with Crippen molar-refractivity contribution in [1.29, 1.82) is 0 Å². The molecule has 3 rings (SSSR count). The van der Waals surface area contributed by atoms with Crippen LogP contribution in [0.1, 0.15) is 24.7 Å². The van der Waals surface area contributed by atoms with Crippen molar-refractivity contribution in [2.24, 2.45) is 0 Å². The number of benzene rings is 1. The number of nitrogens with zero attached hydrogens (tertiary/aromatic N) is 2. The zero-order valence-corrected chi connectivity index (χ0v) is 11.8. The van der Waals surface area contributed by atoms with Crippen molar-refractivity contribution in [1.82, 2.24) is 13.9 Å². The van der Waals surface area contributed by atoms with Gasteiger partial charge in [0.15, 0.2) is 0 Å². The van der Waals surface area contributed by atoms with Crippen molar-refractivity contribution in [2.75, 3.05) is 6.54 Å². The fraction of sp³-hybridized carbons (Fsp3) is 0.364. The summed E-state index contributed by atoms with van der Waals surface area (Å²) in [4.78, 5) is 8.03. The fourth-order valence-electron chi connectivity index (χ4n) is 2.16. The maximum Gasteiger partial charge on any atom is 0.125 e. The summed E-state index contributed by atoms with van der Waals surface area (Å²) in [6, 6.07) is 6.51. The van der Waals surface area contributed by atoms with Gasteiger partial charge >= 0.3 is 0 Å². The summed E-state index contributed by atoms with van der Waals surface area (Å²) in [6.45, 7) is 1.09. The van der Waals surface area contributed by atoms with E-state index in [4.69, 9.17) is 0 Å². The Bertz CT molecular complexity index is 523. The molecule has 1 saturated heterocycles. The Labute approximate surface area is 111 Å². The summed E-state index contributed by atoms with van der Waals surface area (Å²) >= 11 is 7.05. The van der Waals surface area contributed by atoms with Gasteiger partial charge in [0.05, 0.1) is 17.1 Å². The molecular weight excluding hydrogens is 334 g/mol. The number of fused-ring (bicyclic) bond motifs is 1. The summed E-state index contributed by atoms with van der Waals surface area (Å²) in [5.74, 6) is 1.06. The normalized spacial score (nSPS) is 22.0. The highest BCUT2D eigenvalue weighted by Crippen LogP contribution is 2.33. The van der Waals surface area contributed by atoms with Crippen molar-refractivity contribution in [3.8, 4) is 0 Å².